The van der Waals surface area contributed by atoms with Crippen molar-refractivity contribution in [1.29, 1.82) is 0 Å². The van der Waals surface area contributed by atoms with Gasteiger partial charge in [0.2, 0.25) is 0 Å². The highest BCUT2D eigenvalue weighted by molar-refractivity contribution is 9.11. The molecule has 1 N–H and O–H groups in total. The van der Waals surface area contributed by atoms with E-state index in [1.807, 2.05) is 26.8 Å². The summed E-state index contributed by atoms with van der Waals surface area (Å²) in [5.74, 6) is 0.457. The summed E-state index contributed by atoms with van der Waals surface area (Å²) in [5.41, 5.74) is -0.430. The van der Waals surface area contributed by atoms with E-state index in [1.165, 1.54) is 4.88 Å². The molecule has 1 aliphatic rings. The molecule has 1 aromatic rings. The Kier molecular flexibility index (Phi) is 3.50. The molecule has 5 heteroatoms. The van der Waals surface area contributed by atoms with Crippen LogP contribution in [0.3, 0.4) is 0 Å². The van der Waals surface area contributed by atoms with Crippen molar-refractivity contribution in [3.63, 3.8) is 0 Å². The molecule has 1 aromatic heterocycles. The zero-order chi connectivity index (χ0) is 12.6. The van der Waals surface area contributed by atoms with E-state index in [9.17, 15) is 4.79 Å². The Morgan fingerprint density at radius 1 is 1.53 bits per heavy atom. The smallest absolute Gasteiger partial charge is 0.407 e. The van der Waals surface area contributed by atoms with Gasteiger partial charge in [-0.05, 0) is 55.3 Å². The number of hydrogen-bond donors (Lipinski definition) is 1. The predicted molar refractivity (Wildman–Crippen MR) is 72.5 cm³/mol. The van der Waals surface area contributed by atoms with E-state index in [0.29, 0.717) is 5.92 Å². The Balaban J connectivity index is 1.82. The van der Waals surface area contributed by atoms with Gasteiger partial charge in [-0.15, -0.1) is 11.3 Å². The van der Waals surface area contributed by atoms with Crippen molar-refractivity contribution in [2.45, 2.75) is 44.8 Å². The normalized spacial score (nSPS) is 23.3. The highest BCUT2D eigenvalue weighted by atomic mass is 79.9. The molecule has 1 heterocycles. The van der Waals surface area contributed by atoms with Crippen LogP contribution in [0.15, 0.2) is 15.9 Å². The van der Waals surface area contributed by atoms with Crippen LogP contribution in [0.25, 0.3) is 0 Å². The summed E-state index contributed by atoms with van der Waals surface area (Å²) in [6.45, 7) is 5.61. The summed E-state index contributed by atoms with van der Waals surface area (Å²) in [4.78, 5) is 12.9. The summed E-state index contributed by atoms with van der Waals surface area (Å²) >= 11 is 5.17. The van der Waals surface area contributed by atoms with E-state index in [1.54, 1.807) is 11.3 Å². The highest BCUT2D eigenvalue weighted by Crippen LogP contribution is 2.44. The Bertz CT molecular complexity index is 424. The molecule has 2 rings (SSSR count). The minimum atomic E-state index is -0.430. The third-order valence-corrected chi connectivity index (χ3v) is 4.21. The summed E-state index contributed by atoms with van der Waals surface area (Å²) in [6.07, 6.45) is 0.687. The van der Waals surface area contributed by atoms with Crippen LogP contribution >= 0.6 is 27.3 Å². The van der Waals surface area contributed by atoms with Crippen molar-refractivity contribution in [3.05, 3.63) is 20.8 Å². The number of rotatable bonds is 2. The van der Waals surface area contributed by atoms with Crippen LogP contribution in [-0.2, 0) is 4.74 Å². The van der Waals surface area contributed by atoms with Crippen LogP contribution < -0.4 is 5.32 Å². The van der Waals surface area contributed by atoms with Crippen LogP contribution in [0.4, 0.5) is 4.79 Å². The molecular weight excluding hydrogens is 302 g/mol. The maximum atomic E-state index is 11.6. The van der Waals surface area contributed by atoms with Crippen molar-refractivity contribution in [3.8, 4) is 0 Å². The Morgan fingerprint density at radius 2 is 2.24 bits per heavy atom. The molecule has 3 nitrogen and oxygen atoms in total. The SMILES string of the molecule is CC(C)(C)OC(=O)N[C@@H]1C[C@H]1c1ccc(Br)s1. The Morgan fingerprint density at radius 3 is 2.76 bits per heavy atom. The maximum Gasteiger partial charge on any atom is 0.407 e. The minimum absolute atomic E-state index is 0.232. The second-order valence-corrected chi connectivity index (χ2v) is 7.73. The molecule has 0 aromatic carbocycles. The molecule has 0 spiro atoms. The van der Waals surface area contributed by atoms with Gasteiger partial charge in [0.25, 0.3) is 0 Å². The van der Waals surface area contributed by atoms with Crippen molar-refractivity contribution in [2.75, 3.05) is 0 Å². The van der Waals surface area contributed by atoms with Gasteiger partial charge in [0.15, 0.2) is 0 Å². The molecule has 0 aliphatic heterocycles. The number of carbonyl (C=O) groups is 1. The molecule has 1 aliphatic carbocycles. The van der Waals surface area contributed by atoms with Crippen molar-refractivity contribution < 1.29 is 9.53 Å². The zero-order valence-corrected chi connectivity index (χ0v) is 12.5. The van der Waals surface area contributed by atoms with E-state index < -0.39 is 5.60 Å². The summed E-state index contributed by atoms with van der Waals surface area (Å²) in [7, 11) is 0. The number of carbonyl (C=O) groups excluding carboxylic acids is 1. The van der Waals surface area contributed by atoms with Gasteiger partial charge in [-0.2, -0.15) is 0 Å². The molecular formula is C12H16BrNO2S. The molecule has 0 bridgehead atoms. The van der Waals surface area contributed by atoms with Gasteiger partial charge in [-0.1, -0.05) is 0 Å². The van der Waals surface area contributed by atoms with Crippen molar-refractivity contribution in [1.82, 2.24) is 5.32 Å². The number of ether oxygens (including phenoxy) is 1. The monoisotopic (exact) mass is 317 g/mol. The second-order valence-electron chi connectivity index (χ2n) is 5.24. The number of hydrogen-bond acceptors (Lipinski definition) is 3. The Labute approximate surface area is 114 Å². The maximum absolute atomic E-state index is 11.6. The van der Waals surface area contributed by atoms with Gasteiger partial charge < -0.3 is 10.1 Å². The molecule has 0 radical (unpaired) electrons. The average molecular weight is 318 g/mol. The predicted octanol–water partition coefficient (Wildman–Crippen LogP) is 3.89. The topological polar surface area (TPSA) is 38.3 Å². The first-order valence-electron chi connectivity index (χ1n) is 5.60. The Hall–Kier alpha value is -0.550. The molecule has 0 saturated heterocycles. The number of alkyl carbamates (subject to hydrolysis) is 1. The number of amides is 1. The lowest BCUT2D eigenvalue weighted by Crippen LogP contribution is -2.34. The number of nitrogens with one attached hydrogen (secondary N) is 1. The molecule has 0 unspecified atom stereocenters. The standard InChI is InChI=1S/C12H16BrNO2S/c1-12(2,3)16-11(15)14-8-6-7(8)9-4-5-10(13)17-9/h4-5,7-8H,6H2,1-3H3,(H,14,15)/t7-,8-/m1/s1. The average Bonchev–Trinajstić information content (AvgIpc) is 2.75. The van der Waals surface area contributed by atoms with Gasteiger partial charge in [-0.25, -0.2) is 4.79 Å². The van der Waals surface area contributed by atoms with Crippen LogP contribution in [-0.4, -0.2) is 17.7 Å². The summed E-state index contributed by atoms with van der Waals surface area (Å²) in [5, 5.41) is 2.90. The third kappa shape index (κ3) is 3.71. The van der Waals surface area contributed by atoms with Gasteiger partial charge in [0.1, 0.15) is 5.60 Å². The largest absolute Gasteiger partial charge is 0.444 e. The van der Waals surface area contributed by atoms with Crippen LogP contribution in [0, 0.1) is 0 Å². The molecule has 1 saturated carbocycles. The number of thiophene rings is 1. The second kappa shape index (κ2) is 4.61. The first-order chi connectivity index (χ1) is 7.85. The van der Waals surface area contributed by atoms with E-state index in [4.69, 9.17) is 4.74 Å². The van der Waals surface area contributed by atoms with Crippen LogP contribution in [0.1, 0.15) is 38.0 Å². The lowest BCUT2D eigenvalue weighted by Gasteiger charge is -2.19. The van der Waals surface area contributed by atoms with E-state index in [2.05, 4.69) is 27.3 Å². The first-order valence-corrected chi connectivity index (χ1v) is 7.21. The zero-order valence-electron chi connectivity index (χ0n) is 10.1. The van der Waals surface area contributed by atoms with Crippen molar-refractivity contribution in [2.24, 2.45) is 0 Å². The molecule has 94 valence electrons. The third-order valence-electron chi connectivity index (χ3n) is 2.45. The van der Waals surface area contributed by atoms with E-state index >= 15 is 0 Å². The molecule has 2 atom stereocenters. The molecule has 1 amide bonds. The van der Waals surface area contributed by atoms with Crippen LogP contribution in [0.5, 0.6) is 0 Å². The van der Waals surface area contributed by atoms with Gasteiger partial charge in [0.05, 0.1) is 3.79 Å². The minimum Gasteiger partial charge on any atom is -0.444 e. The fourth-order valence-electron chi connectivity index (χ4n) is 1.66. The molecule has 1 fully saturated rings. The highest BCUT2D eigenvalue weighted by Gasteiger charge is 2.41. The van der Waals surface area contributed by atoms with Crippen molar-refractivity contribution >= 4 is 33.4 Å². The van der Waals surface area contributed by atoms with Gasteiger partial charge in [0, 0.05) is 16.8 Å². The lowest BCUT2D eigenvalue weighted by atomic mass is 10.2. The fraction of sp³-hybridized carbons (Fsp3) is 0.583. The van der Waals surface area contributed by atoms with E-state index in [0.717, 1.165) is 10.2 Å². The number of halogens is 1. The van der Waals surface area contributed by atoms with Crippen LogP contribution in [0.2, 0.25) is 0 Å². The fourth-order valence-corrected chi connectivity index (χ4v) is 3.26. The quantitative estimate of drug-likeness (QED) is 0.898. The van der Waals surface area contributed by atoms with Gasteiger partial charge >= 0.3 is 6.09 Å². The summed E-state index contributed by atoms with van der Waals surface area (Å²) < 4.78 is 6.36. The first kappa shape index (κ1) is 12.9. The summed E-state index contributed by atoms with van der Waals surface area (Å²) in [6, 6.07) is 4.38. The molecule has 17 heavy (non-hydrogen) atoms. The van der Waals surface area contributed by atoms with Gasteiger partial charge in [-0.3, -0.25) is 0 Å². The lowest BCUT2D eigenvalue weighted by molar-refractivity contribution is 0.0523. The van der Waals surface area contributed by atoms with E-state index in [-0.39, 0.29) is 12.1 Å².